The Morgan fingerprint density at radius 1 is 1.02 bits per heavy atom. The molecule has 0 aliphatic carbocycles. The van der Waals surface area contributed by atoms with E-state index in [-0.39, 0.29) is 42.5 Å². The molecule has 1 aromatic rings. The van der Waals surface area contributed by atoms with Gasteiger partial charge in [0.25, 0.3) is 0 Å². The number of fused-ring (bicyclic) bond motifs is 1. The normalized spacial score (nSPS) is 24.1. The number of nitrogens with zero attached hydrogens (tertiary/aromatic N) is 3. The van der Waals surface area contributed by atoms with E-state index in [1.54, 1.807) is 51.4 Å². The minimum absolute atomic E-state index is 0.0136. The first-order chi connectivity index (χ1) is 21.9. The number of thioether (sulfide) groups is 1. The standard InChI is InChI=1S/C31H39N3O11S/c1-6-10-22(36)42-15-44-30(40)25-26(17(2)24-23(18(3)35)28(38)34(24)25)46-20-13-21(27(37)32(4)5)33(14-20)31(41)45-16-43-29(39)19-11-8-7-9-12-19/h7-9,11-12,17-18,20-21,23-24,35H,6,10,13-16H2,1-5H3/t17?,18-,20+,21+,23?,24?/m1/s1. The lowest BCUT2D eigenvalue weighted by atomic mass is 9.79. The van der Waals surface area contributed by atoms with Crippen LogP contribution in [-0.4, -0.2) is 113 Å². The number of benzene rings is 1. The van der Waals surface area contributed by atoms with E-state index >= 15 is 0 Å². The molecule has 3 amide bonds. The van der Waals surface area contributed by atoms with Crippen LogP contribution in [0.15, 0.2) is 40.9 Å². The number of likely N-dealkylation sites (tertiary alicyclic amines) is 1. The van der Waals surface area contributed by atoms with Crippen LogP contribution in [-0.2, 0) is 38.1 Å². The highest BCUT2D eigenvalue weighted by molar-refractivity contribution is 8.03. The largest absolute Gasteiger partial charge is 0.428 e. The van der Waals surface area contributed by atoms with Crippen molar-refractivity contribution in [2.45, 2.75) is 63.5 Å². The SMILES string of the molecule is CCCC(=O)OCOC(=O)C1=C(S[C@H]2C[C@@H](C(=O)N(C)C)N(C(=O)OCOC(=O)c3ccccc3)C2)C(C)C2C([C@@H](C)O)C(=O)N12. The number of aliphatic hydroxyl groups excluding tert-OH is 1. The fraction of sp³-hybridized carbons (Fsp3) is 0.548. The van der Waals surface area contributed by atoms with E-state index in [4.69, 9.17) is 18.9 Å². The molecule has 2 fully saturated rings. The molecule has 250 valence electrons. The molecular weight excluding hydrogens is 622 g/mol. The van der Waals surface area contributed by atoms with Gasteiger partial charge in [-0.1, -0.05) is 32.0 Å². The van der Waals surface area contributed by atoms with Crippen molar-refractivity contribution >= 4 is 47.6 Å². The minimum Gasteiger partial charge on any atom is -0.428 e. The number of ether oxygens (including phenoxy) is 4. The third-order valence-electron chi connectivity index (χ3n) is 8.06. The van der Waals surface area contributed by atoms with Gasteiger partial charge >= 0.3 is 24.0 Å². The number of esters is 3. The molecule has 3 heterocycles. The van der Waals surface area contributed by atoms with Crippen LogP contribution in [0.4, 0.5) is 4.79 Å². The fourth-order valence-electron chi connectivity index (χ4n) is 5.83. The van der Waals surface area contributed by atoms with Gasteiger partial charge in [-0.25, -0.2) is 14.4 Å². The van der Waals surface area contributed by atoms with Crippen molar-refractivity contribution in [1.29, 1.82) is 0 Å². The van der Waals surface area contributed by atoms with E-state index in [1.807, 2.05) is 6.92 Å². The molecule has 0 saturated carbocycles. The van der Waals surface area contributed by atoms with Crippen LogP contribution in [0.25, 0.3) is 0 Å². The van der Waals surface area contributed by atoms with Gasteiger partial charge in [0.05, 0.1) is 23.6 Å². The number of amides is 3. The molecule has 3 unspecified atom stereocenters. The lowest BCUT2D eigenvalue weighted by molar-refractivity contribution is -0.172. The molecule has 2 saturated heterocycles. The second-order valence-corrected chi connectivity index (χ2v) is 12.8. The summed E-state index contributed by atoms with van der Waals surface area (Å²) in [5, 5.41) is 9.88. The lowest BCUT2D eigenvalue weighted by Crippen LogP contribution is -2.63. The zero-order valence-electron chi connectivity index (χ0n) is 26.4. The van der Waals surface area contributed by atoms with Gasteiger partial charge in [0.15, 0.2) is 0 Å². The van der Waals surface area contributed by atoms with Crippen molar-refractivity contribution in [1.82, 2.24) is 14.7 Å². The van der Waals surface area contributed by atoms with Crippen LogP contribution in [0.5, 0.6) is 0 Å². The molecular formula is C31H39N3O11S. The first-order valence-electron chi connectivity index (χ1n) is 15.0. The summed E-state index contributed by atoms with van der Waals surface area (Å²) < 4.78 is 20.5. The summed E-state index contributed by atoms with van der Waals surface area (Å²) in [5.41, 5.74) is 0.269. The Morgan fingerprint density at radius 2 is 1.67 bits per heavy atom. The van der Waals surface area contributed by atoms with Crippen LogP contribution < -0.4 is 0 Å². The van der Waals surface area contributed by atoms with Crippen molar-refractivity contribution in [2.75, 3.05) is 34.2 Å². The van der Waals surface area contributed by atoms with Crippen molar-refractivity contribution in [3.8, 4) is 0 Å². The molecule has 14 nitrogen and oxygen atoms in total. The quantitative estimate of drug-likeness (QED) is 0.197. The number of rotatable bonds is 12. The first-order valence-corrected chi connectivity index (χ1v) is 15.9. The molecule has 46 heavy (non-hydrogen) atoms. The van der Waals surface area contributed by atoms with Crippen molar-refractivity contribution in [3.05, 3.63) is 46.5 Å². The average molecular weight is 662 g/mol. The van der Waals surface area contributed by atoms with Crippen molar-refractivity contribution < 1.29 is 52.8 Å². The summed E-state index contributed by atoms with van der Waals surface area (Å²) >= 11 is 1.24. The highest BCUT2D eigenvalue weighted by atomic mass is 32.2. The minimum atomic E-state index is -0.956. The van der Waals surface area contributed by atoms with Crippen LogP contribution in [0.2, 0.25) is 0 Å². The topological polar surface area (TPSA) is 169 Å². The summed E-state index contributed by atoms with van der Waals surface area (Å²) in [6, 6.07) is 6.78. The lowest BCUT2D eigenvalue weighted by Gasteiger charge is -2.46. The van der Waals surface area contributed by atoms with E-state index in [1.165, 1.54) is 33.4 Å². The number of aliphatic hydroxyl groups is 1. The zero-order chi connectivity index (χ0) is 33.7. The molecule has 1 aromatic carbocycles. The highest BCUT2D eigenvalue weighted by Crippen LogP contribution is 2.52. The zero-order valence-corrected chi connectivity index (χ0v) is 27.2. The molecule has 0 bridgehead atoms. The first kappa shape index (κ1) is 34.8. The number of hydrogen-bond donors (Lipinski definition) is 1. The average Bonchev–Trinajstić information content (AvgIpc) is 3.54. The molecule has 3 aliphatic rings. The summed E-state index contributed by atoms with van der Waals surface area (Å²) in [5.74, 6) is -3.97. The van der Waals surface area contributed by atoms with Gasteiger partial charge in [-0.3, -0.25) is 19.3 Å². The van der Waals surface area contributed by atoms with Crippen molar-refractivity contribution in [2.24, 2.45) is 11.8 Å². The maximum Gasteiger partial charge on any atom is 0.413 e. The predicted molar refractivity (Wildman–Crippen MR) is 162 cm³/mol. The van der Waals surface area contributed by atoms with Crippen LogP contribution >= 0.6 is 11.8 Å². The molecule has 15 heteroatoms. The van der Waals surface area contributed by atoms with E-state index in [2.05, 4.69) is 0 Å². The van der Waals surface area contributed by atoms with Crippen molar-refractivity contribution in [3.63, 3.8) is 0 Å². The third kappa shape index (κ3) is 7.30. The molecule has 3 aliphatic heterocycles. The Balaban J connectivity index is 1.50. The number of carbonyl (C=O) groups excluding carboxylic acids is 6. The van der Waals surface area contributed by atoms with Gasteiger partial charge in [-0.05, 0) is 31.9 Å². The summed E-state index contributed by atoms with van der Waals surface area (Å²) in [7, 11) is 3.12. The predicted octanol–water partition coefficient (Wildman–Crippen LogP) is 2.11. The van der Waals surface area contributed by atoms with Crippen LogP contribution in [0, 0.1) is 11.8 Å². The Bertz CT molecular complexity index is 1380. The Kier molecular flexibility index (Phi) is 11.3. The summed E-state index contributed by atoms with van der Waals surface area (Å²) in [4.78, 5) is 81.0. The molecule has 1 N–H and O–H groups in total. The Morgan fingerprint density at radius 3 is 2.30 bits per heavy atom. The van der Waals surface area contributed by atoms with E-state index in [0.717, 1.165) is 0 Å². The fourth-order valence-corrected chi connectivity index (χ4v) is 7.35. The smallest absolute Gasteiger partial charge is 0.413 e. The second-order valence-electron chi connectivity index (χ2n) is 11.5. The maximum absolute atomic E-state index is 13.3. The number of carbonyl (C=O) groups is 6. The van der Waals surface area contributed by atoms with E-state index < -0.39 is 72.8 Å². The monoisotopic (exact) mass is 661 g/mol. The van der Waals surface area contributed by atoms with E-state index in [0.29, 0.717) is 11.3 Å². The number of likely N-dealkylation sites (N-methyl/N-ethyl adjacent to an activating group) is 1. The third-order valence-corrected chi connectivity index (χ3v) is 9.56. The van der Waals surface area contributed by atoms with Gasteiger partial charge in [0, 0.05) is 43.1 Å². The Labute approximate surface area is 270 Å². The number of β-lactam (4-membered cyclic amide) rings is 1. The van der Waals surface area contributed by atoms with Crippen LogP contribution in [0.3, 0.4) is 0 Å². The maximum atomic E-state index is 13.3. The van der Waals surface area contributed by atoms with Gasteiger partial charge in [0.2, 0.25) is 25.4 Å². The van der Waals surface area contributed by atoms with Crippen LogP contribution in [0.1, 0.15) is 50.4 Å². The van der Waals surface area contributed by atoms with Gasteiger partial charge in [-0.2, -0.15) is 0 Å². The van der Waals surface area contributed by atoms with Gasteiger partial charge in [0.1, 0.15) is 11.7 Å². The van der Waals surface area contributed by atoms with Gasteiger partial charge in [-0.15, -0.1) is 11.8 Å². The summed E-state index contributed by atoms with van der Waals surface area (Å²) in [6.07, 6.45) is -0.902. The molecule has 0 spiro atoms. The molecule has 6 atom stereocenters. The molecule has 0 radical (unpaired) electrons. The van der Waals surface area contributed by atoms with Gasteiger partial charge < -0.3 is 33.9 Å². The van der Waals surface area contributed by atoms with E-state index in [9.17, 15) is 33.9 Å². The highest BCUT2D eigenvalue weighted by Gasteiger charge is 2.60. The second kappa shape index (κ2) is 15.0. The summed E-state index contributed by atoms with van der Waals surface area (Å²) in [6.45, 7) is 3.90. The number of hydrogen-bond acceptors (Lipinski definition) is 12. The Hall–Kier alpha value is -4.11. The molecule has 4 rings (SSSR count). The molecule has 0 aromatic heterocycles.